The van der Waals surface area contributed by atoms with Crippen LogP contribution in [0, 0.1) is 6.92 Å². The molecule has 0 aliphatic heterocycles. The van der Waals surface area contributed by atoms with E-state index in [2.05, 4.69) is 10.0 Å². The van der Waals surface area contributed by atoms with Crippen LogP contribution >= 0.6 is 11.6 Å². The summed E-state index contributed by atoms with van der Waals surface area (Å²) in [6, 6.07) is 21.0. The quantitative estimate of drug-likeness (QED) is 0.485. The highest BCUT2D eigenvalue weighted by atomic mass is 35.5. The summed E-state index contributed by atoms with van der Waals surface area (Å²) >= 11 is 6.08. The van der Waals surface area contributed by atoms with Crippen molar-refractivity contribution in [3.8, 4) is 0 Å². The molecule has 0 heterocycles. The summed E-state index contributed by atoms with van der Waals surface area (Å²) in [7, 11) is -3.65. The number of amides is 1. The predicted octanol–water partition coefficient (Wildman–Crippen LogP) is 5.26. The van der Waals surface area contributed by atoms with Gasteiger partial charge in [0.2, 0.25) is 15.9 Å². The van der Waals surface area contributed by atoms with Crippen molar-refractivity contribution in [2.45, 2.75) is 37.6 Å². The number of carbonyl (C=O) groups is 1. The Balaban J connectivity index is 1.56. The molecule has 2 N–H and O–H groups in total. The standard InChI is InChI=1S/C24H25ClN2O3S/c1-17-8-12-21(16-23(17)25)26-24(28)15-11-19-9-13-22(14-10-19)31(29,30)27-18(2)20-6-4-3-5-7-20/h3-10,12-14,16,18,27H,11,15H2,1-2H3,(H,26,28)/t18-/m1/s1. The second kappa shape index (κ2) is 10.1. The van der Waals surface area contributed by atoms with Crippen molar-refractivity contribution < 1.29 is 13.2 Å². The Hall–Kier alpha value is -2.67. The van der Waals surface area contributed by atoms with Crippen LogP contribution in [-0.2, 0) is 21.2 Å². The van der Waals surface area contributed by atoms with Gasteiger partial charge in [0.1, 0.15) is 0 Å². The Kier molecular flexibility index (Phi) is 7.49. The molecule has 31 heavy (non-hydrogen) atoms. The van der Waals surface area contributed by atoms with Gasteiger partial charge in [-0.1, -0.05) is 60.1 Å². The molecule has 0 spiro atoms. The molecule has 3 rings (SSSR count). The largest absolute Gasteiger partial charge is 0.326 e. The van der Waals surface area contributed by atoms with E-state index in [1.54, 1.807) is 37.3 Å². The number of benzene rings is 3. The summed E-state index contributed by atoms with van der Waals surface area (Å²) in [5.41, 5.74) is 3.37. The van der Waals surface area contributed by atoms with E-state index in [0.29, 0.717) is 17.1 Å². The van der Waals surface area contributed by atoms with Crippen molar-refractivity contribution in [2.24, 2.45) is 0 Å². The highest BCUT2D eigenvalue weighted by molar-refractivity contribution is 7.89. The van der Waals surface area contributed by atoms with Crippen LogP contribution in [0.25, 0.3) is 0 Å². The minimum absolute atomic E-state index is 0.130. The monoisotopic (exact) mass is 456 g/mol. The van der Waals surface area contributed by atoms with Gasteiger partial charge in [-0.3, -0.25) is 4.79 Å². The van der Waals surface area contributed by atoms with Gasteiger partial charge >= 0.3 is 0 Å². The first-order chi connectivity index (χ1) is 14.7. The van der Waals surface area contributed by atoms with E-state index >= 15 is 0 Å². The molecule has 3 aromatic rings. The highest BCUT2D eigenvalue weighted by Gasteiger charge is 2.18. The van der Waals surface area contributed by atoms with Crippen LogP contribution in [0.3, 0.4) is 0 Å². The third-order valence-electron chi connectivity index (χ3n) is 4.96. The molecule has 0 unspecified atom stereocenters. The number of aryl methyl sites for hydroxylation is 2. The molecular weight excluding hydrogens is 432 g/mol. The maximum absolute atomic E-state index is 12.7. The average Bonchev–Trinajstić information content (AvgIpc) is 2.75. The molecule has 3 aromatic carbocycles. The molecule has 0 fully saturated rings. The molecule has 162 valence electrons. The van der Waals surface area contributed by atoms with Crippen LogP contribution < -0.4 is 10.0 Å². The fraction of sp³-hybridized carbons (Fsp3) is 0.208. The van der Waals surface area contributed by atoms with E-state index in [-0.39, 0.29) is 23.3 Å². The average molecular weight is 457 g/mol. The SMILES string of the molecule is Cc1ccc(NC(=O)CCc2ccc(S(=O)(=O)N[C@H](C)c3ccccc3)cc2)cc1Cl. The molecule has 1 amide bonds. The van der Waals surface area contributed by atoms with Gasteiger partial charge in [0, 0.05) is 23.2 Å². The van der Waals surface area contributed by atoms with E-state index in [1.165, 1.54) is 0 Å². The van der Waals surface area contributed by atoms with Crippen LogP contribution in [0.2, 0.25) is 5.02 Å². The molecule has 5 nitrogen and oxygen atoms in total. The van der Waals surface area contributed by atoms with Crippen LogP contribution in [0.15, 0.2) is 77.7 Å². The van der Waals surface area contributed by atoms with Crippen LogP contribution in [0.4, 0.5) is 5.69 Å². The van der Waals surface area contributed by atoms with Crippen molar-refractivity contribution in [1.82, 2.24) is 4.72 Å². The van der Waals surface area contributed by atoms with E-state index in [4.69, 9.17) is 11.6 Å². The number of hydrogen-bond donors (Lipinski definition) is 2. The van der Waals surface area contributed by atoms with Crippen molar-refractivity contribution in [1.29, 1.82) is 0 Å². The molecule has 0 aliphatic carbocycles. The second-order valence-corrected chi connectivity index (χ2v) is 9.53. The lowest BCUT2D eigenvalue weighted by Crippen LogP contribution is -2.26. The Labute approximate surface area is 188 Å². The summed E-state index contributed by atoms with van der Waals surface area (Å²) in [6.45, 7) is 3.71. The minimum atomic E-state index is -3.65. The van der Waals surface area contributed by atoms with Crippen molar-refractivity contribution >= 4 is 33.2 Å². The summed E-state index contributed by atoms with van der Waals surface area (Å²) < 4.78 is 28.0. The third kappa shape index (κ3) is 6.40. The molecule has 0 bridgehead atoms. The van der Waals surface area contributed by atoms with Crippen molar-refractivity contribution in [3.63, 3.8) is 0 Å². The first-order valence-electron chi connectivity index (χ1n) is 9.97. The summed E-state index contributed by atoms with van der Waals surface area (Å²) in [5.74, 6) is -0.130. The van der Waals surface area contributed by atoms with Gasteiger partial charge in [-0.25, -0.2) is 13.1 Å². The lowest BCUT2D eigenvalue weighted by atomic mass is 10.1. The minimum Gasteiger partial charge on any atom is -0.326 e. The van der Waals surface area contributed by atoms with Crippen LogP contribution in [0.5, 0.6) is 0 Å². The van der Waals surface area contributed by atoms with E-state index in [0.717, 1.165) is 16.7 Å². The van der Waals surface area contributed by atoms with Gasteiger partial charge in [-0.15, -0.1) is 0 Å². The fourth-order valence-corrected chi connectivity index (χ4v) is 4.51. The highest BCUT2D eigenvalue weighted by Crippen LogP contribution is 2.21. The molecule has 0 saturated carbocycles. The number of nitrogens with one attached hydrogen (secondary N) is 2. The summed E-state index contributed by atoms with van der Waals surface area (Å²) in [5, 5.41) is 3.43. The molecule has 7 heteroatoms. The molecule has 0 saturated heterocycles. The van der Waals surface area contributed by atoms with E-state index in [1.807, 2.05) is 49.4 Å². The van der Waals surface area contributed by atoms with Gasteiger partial charge in [-0.2, -0.15) is 0 Å². The Morgan fingerprint density at radius 1 is 1.00 bits per heavy atom. The summed E-state index contributed by atoms with van der Waals surface area (Å²) in [4.78, 5) is 12.4. The first kappa shape index (κ1) is 23.0. The number of halogens is 1. The topological polar surface area (TPSA) is 75.3 Å². The number of carbonyl (C=O) groups excluding carboxylic acids is 1. The lowest BCUT2D eigenvalue weighted by Gasteiger charge is -2.15. The molecule has 0 aromatic heterocycles. The number of anilines is 1. The lowest BCUT2D eigenvalue weighted by molar-refractivity contribution is -0.116. The van der Waals surface area contributed by atoms with E-state index in [9.17, 15) is 13.2 Å². The van der Waals surface area contributed by atoms with Gasteiger partial charge in [0.15, 0.2) is 0 Å². The zero-order valence-corrected chi connectivity index (χ0v) is 19.0. The molecular formula is C24H25ClN2O3S. The van der Waals surface area contributed by atoms with Gasteiger partial charge in [0.25, 0.3) is 0 Å². The van der Waals surface area contributed by atoms with Gasteiger partial charge in [-0.05, 0) is 61.2 Å². The van der Waals surface area contributed by atoms with Gasteiger partial charge < -0.3 is 5.32 Å². The second-order valence-electron chi connectivity index (χ2n) is 7.41. The molecule has 1 atom stereocenters. The van der Waals surface area contributed by atoms with Crippen molar-refractivity contribution in [2.75, 3.05) is 5.32 Å². The van der Waals surface area contributed by atoms with Crippen LogP contribution in [-0.4, -0.2) is 14.3 Å². The zero-order valence-electron chi connectivity index (χ0n) is 17.4. The Morgan fingerprint density at radius 3 is 2.32 bits per heavy atom. The normalized spacial score (nSPS) is 12.4. The maximum Gasteiger partial charge on any atom is 0.241 e. The van der Waals surface area contributed by atoms with E-state index < -0.39 is 10.0 Å². The smallest absolute Gasteiger partial charge is 0.241 e. The van der Waals surface area contributed by atoms with Crippen molar-refractivity contribution in [3.05, 3.63) is 94.5 Å². The zero-order chi connectivity index (χ0) is 22.4. The molecule has 0 radical (unpaired) electrons. The number of rotatable bonds is 8. The first-order valence-corrected chi connectivity index (χ1v) is 11.8. The number of sulfonamides is 1. The predicted molar refractivity (Wildman–Crippen MR) is 125 cm³/mol. The Bertz CT molecular complexity index is 1150. The molecule has 0 aliphatic rings. The van der Waals surface area contributed by atoms with Crippen LogP contribution in [0.1, 0.15) is 36.1 Å². The maximum atomic E-state index is 12.7. The summed E-state index contributed by atoms with van der Waals surface area (Å²) in [6.07, 6.45) is 0.778. The number of hydrogen-bond acceptors (Lipinski definition) is 3. The third-order valence-corrected chi connectivity index (χ3v) is 6.93. The fourth-order valence-electron chi connectivity index (χ4n) is 3.10. The van der Waals surface area contributed by atoms with Gasteiger partial charge in [0.05, 0.1) is 4.90 Å². The Morgan fingerprint density at radius 2 is 1.68 bits per heavy atom.